The third kappa shape index (κ3) is 1.48. The van der Waals surface area contributed by atoms with E-state index in [9.17, 15) is 0 Å². The highest BCUT2D eigenvalue weighted by Crippen LogP contribution is 2.11. The smallest absolute Gasteiger partial charge is 0.0785 e. The van der Waals surface area contributed by atoms with Gasteiger partial charge in [0.05, 0.1) is 5.66 Å². The third-order valence-corrected chi connectivity index (χ3v) is 2.19. The van der Waals surface area contributed by atoms with Crippen LogP contribution in [0.3, 0.4) is 0 Å². The lowest BCUT2D eigenvalue weighted by molar-refractivity contribution is -0.0188. The molecule has 1 fully saturated rings. The first-order chi connectivity index (χ1) is 4.52. The highest BCUT2D eigenvalue weighted by molar-refractivity contribution is 4.79. The summed E-state index contributed by atoms with van der Waals surface area (Å²) in [6.45, 7) is 6.60. The Kier molecular flexibility index (Phi) is 1.99. The Bertz CT molecular complexity index is 122. The highest BCUT2D eigenvalue weighted by atomic mass is 15.6. The number of hydrogen-bond donors (Lipinski definition) is 1. The number of rotatable bonds is 0. The maximum absolute atomic E-state index is 3.36. The zero-order chi connectivity index (χ0) is 7.78. The predicted octanol–water partition coefficient (Wildman–Crippen LogP) is 0.104. The van der Waals surface area contributed by atoms with Crippen LogP contribution in [0, 0.1) is 0 Å². The van der Waals surface area contributed by atoms with Gasteiger partial charge in [0.15, 0.2) is 0 Å². The zero-order valence-corrected chi connectivity index (χ0v) is 7.31. The van der Waals surface area contributed by atoms with Gasteiger partial charge in [-0.3, -0.25) is 4.90 Å². The van der Waals surface area contributed by atoms with Crippen LogP contribution in [0.4, 0.5) is 0 Å². The van der Waals surface area contributed by atoms with Crippen molar-refractivity contribution in [1.82, 2.24) is 15.3 Å². The normalized spacial score (nSPS) is 28.8. The van der Waals surface area contributed by atoms with Crippen LogP contribution in [0.5, 0.6) is 0 Å². The Morgan fingerprint density at radius 1 is 1.20 bits per heavy atom. The highest BCUT2D eigenvalue weighted by Gasteiger charge is 2.28. The van der Waals surface area contributed by atoms with E-state index in [1.807, 2.05) is 0 Å². The number of hydrogen-bond acceptors (Lipinski definition) is 3. The molecule has 0 bridgehead atoms. The van der Waals surface area contributed by atoms with Crippen LogP contribution in [0.2, 0.25) is 0 Å². The van der Waals surface area contributed by atoms with Crippen molar-refractivity contribution in [3.8, 4) is 0 Å². The fourth-order valence-corrected chi connectivity index (χ4v) is 1.19. The van der Waals surface area contributed by atoms with E-state index in [0.717, 1.165) is 13.1 Å². The molecule has 0 unspecified atom stereocenters. The number of nitrogens with one attached hydrogen (secondary N) is 1. The van der Waals surface area contributed by atoms with Crippen molar-refractivity contribution in [2.24, 2.45) is 0 Å². The van der Waals surface area contributed by atoms with E-state index in [1.54, 1.807) is 0 Å². The molecule has 0 radical (unpaired) electrons. The summed E-state index contributed by atoms with van der Waals surface area (Å²) >= 11 is 0. The Labute approximate surface area is 63.0 Å². The van der Waals surface area contributed by atoms with Gasteiger partial charge >= 0.3 is 0 Å². The molecule has 10 heavy (non-hydrogen) atoms. The van der Waals surface area contributed by atoms with E-state index >= 15 is 0 Å². The van der Waals surface area contributed by atoms with Gasteiger partial charge in [0.25, 0.3) is 0 Å². The van der Waals surface area contributed by atoms with Gasteiger partial charge in [-0.15, -0.1) is 0 Å². The summed E-state index contributed by atoms with van der Waals surface area (Å²) in [5.74, 6) is 0. The molecule has 3 nitrogen and oxygen atoms in total. The lowest BCUT2D eigenvalue weighted by Gasteiger charge is -2.44. The molecular weight excluding hydrogens is 126 g/mol. The van der Waals surface area contributed by atoms with Crippen LogP contribution in [-0.2, 0) is 0 Å². The maximum atomic E-state index is 3.36. The summed E-state index contributed by atoms with van der Waals surface area (Å²) in [7, 11) is 4.22. The van der Waals surface area contributed by atoms with Gasteiger partial charge in [-0.2, -0.15) is 0 Å². The summed E-state index contributed by atoms with van der Waals surface area (Å²) in [6.07, 6.45) is 0. The molecule has 1 heterocycles. The topological polar surface area (TPSA) is 18.5 Å². The molecule has 0 aromatic heterocycles. The van der Waals surface area contributed by atoms with Crippen molar-refractivity contribution in [1.29, 1.82) is 0 Å². The number of hydrazine groups is 1. The fraction of sp³-hybridized carbons (Fsp3) is 1.00. The first kappa shape index (κ1) is 7.98. The van der Waals surface area contributed by atoms with Crippen LogP contribution < -0.4 is 5.43 Å². The molecule has 0 aromatic rings. The van der Waals surface area contributed by atoms with Gasteiger partial charge in [0, 0.05) is 20.1 Å². The van der Waals surface area contributed by atoms with Gasteiger partial charge < -0.3 is 0 Å². The minimum absolute atomic E-state index is 0.118. The van der Waals surface area contributed by atoms with Crippen LogP contribution in [-0.4, -0.2) is 42.8 Å². The van der Waals surface area contributed by atoms with Crippen molar-refractivity contribution < 1.29 is 0 Å². The Hall–Kier alpha value is -0.120. The lowest BCUT2D eigenvalue weighted by atomic mass is 10.2. The zero-order valence-electron chi connectivity index (χ0n) is 7.31. The van der Waals surface area contributed by atoms with Crippen LogP contribution in [0.25, 0.3) is 0 Å². The first-order valence-corrected chi connectivity index (χ1v) is 3.72. The van der Waals surface area contributed by atoms with Crippen LogP contribution in [0.1, 0.15) is 13.8 Å². The van der Waals surface area contributed by atoms with Crippen LogP contribution >= 0.6 is 0 Å². The van der Waals surface area contributed by atoms with Crippen molar-refractivity contribution in [2.45, 2.75) is 19.5 Å². The molecule has 60 valence electrons. The van der Waals surface area contributed by atoms with E-state index in [2.05, 4.69) is 43.3 Å². The number of likely N-dealkylation sites (N-methyl/N-ethyl adjacent to an activating group) is 2. The van der Waals surface area contributed by atoms with E-state index in [4.69, 9.17) is 0 Å². The average Bonchev–Trinajstić information content (AvgIpc) is 1.78. The summed E-state index contributed by atoms with van der Waals surface area (Å²) in [6, 6.07) is 0. The monoisotopic (exact) mass is 143 g/mol. The molecule has 0 atom stereocenters. The average molecular weight is 143 g/mol. The summed E-state index contributed by atoms with van der Waals surface area (Å²) in [5, 5.41) is 2.14. The molecule has 0 amide bonds. The molecule has 1 saturated heterocycles. The molecule has 0 saturated carbocycles. The van der Waals surface area contributed by atoms with Gasteiger partial charge in [-0.25, -0.2) is 10.4 Å². The van der Waals surface area contributed by atoms with E-state index in [-0.39, 0.29) is 5.66 Å². The second-order valence-electron chi connectivity index (χ2n) is 3.51. The van der Waals surface area contributed by atoms with E-state index in [0.29, 0.717) is 0 Å². The number of nitrogens with zero attached hydrogens (tertiary/aromatic N) is 2. The molecule has 0 spiro atoms. The Morgan fingerprint density at radius 3 is 2.20 bits per heavy atom. The Morgan fingerprint density at radius 2 is 1.80 bits per heavy atom. The molecule has 3 heteroatoms. The summed E-state index contributed by atoms with van der Waals surface area (Å²) in [4.78, 5) is 2.31. The van der Waals surface area contributed by atoms with E-state index in [1.165, 1.54) is 0 Å². The maximum Gasteiger partial charge on any atom is 0.0785 e. The lowest BCUT2D eigenvalue weighted by Crippen LogP contribution is -2.64. The van der Waals surface area contributed by atoms with Crippen LogP contribution in [0.15, 0.2) is 0 Å². The molecule has 0 aromatic carbocycles. The van der Waals surface area contributed by atoms with E-state index < -0.39 is 0 Å². The molecule has 1 aliphatic heterocycles. The summed E-state index contributed by atoms with van der Waals surface area (Å²) < 4.78 is 0. The molecule has 1 rings (SSSR count). The standard InChI is InChI=1S/C7H17N3/c1-7(2)8-10(4)6-5-9(7)3/h8H,5-6H2,1-4H3. The minimum Gasteiger partial charge on any atom is -0.287 e. The second kappa shape index (κ2) is 2.49. The molecule has 0 aliphatic carbocycles. The van der Waals surface area contributed by atoms with Gasteiger partial charge in [-0.1, -0.05) is 0 Å². The predicted molar refractivity (Wildman–Crippen MR) is 42.5 cm³/mol. The van der Waals surface area contributed by atoms with Crippen molar-refractivity contribution in [2.75, 3.05) is 27.2 Å². The summed E-state index contributed by atoms with van der Waals surface area (Å²) in [5.41, 5.74) is 3.48. The van der Waals surface area contributed by atoms with Gasteiger partial charge in [0.2, 0.25) is 0 Å². The van der Waals surface area contributed by atoms with Crippen molar-refractivity contribution in [3.63, 3.8) is 0 Å². The Balaban J connectivity index is 2.55. The minimum atomic E-state index is 0.118. The molecular formula is C7H17N3. The van der Waals surface area contributed by atoms with Gasteiger partial charge in [-0.05, 0) is 20.9 Å². The fourth-order valence-electron chi connectivity index (χ4n) is 1.19. The SMILES string of the molecule is CN1CCN(C)C(C)(C)N1. The third-order valence-electron chi connectivity index (χ3n) is 2.19. The molecule has 1 N–H and O–H groups in total. The first-order valence-electron chi connectivity index (χ1n) is 3.72. The molecule has 1 aliphatic rings. The largest absolute Gasteiger partial charge is 0.287 e. The van der Waals surface area contributed by atoms with Gasteiger partial charge in [0.1, 0.15) is 0 Å². The second-order valence-corrected chi connectivity index (χ2v) is 3.51. The quantitative estimate of drug-likeness (QED) is 0.519. The van der Waals surface area contributed by atoms with Crippen molar-refractivity contribution in [3.05, 3.63) is 0 Å². The van der Waals surface area contributed by atoms with Crippen molar-refractivity contribution >= 4 is 0 Å².